The summed E-state index contributed by atoms with van der Waals surface area (Å²) in [5.74, 6) is 1.01. The van der Waals surface area contributed by atoms with E-state index in [1.165, 1.54) is 28.4 Å². The predicted octanol–water partition coefficient (Wildman–Crippen LogP) is 0.244. The standard InChI is InChI=1S/C17H20N4O6/c1-21-16(23)13(15(22)18-17(21)24)10-7-9(19-20-10)8-5-11(25-2)14(27-4)12(6-8)26-3/h5-6,9,19,23H,7H2,1-4H3,(H,18,22,24)/t9-/m1/s1. The molecule has 0 amide bonds. The predicted molar refractivity (Wildman–Crippen MR) is 97.1 cm³/mol. The number of methoxy groups -OCH3 is 3. The Labute approximate surface area is 154 Å². The van der Waals surface area contributed by atoms with Gasteiger partial charge in [0.05, 0.1) is 33.1 Å². The molecule has 1 aliphatic heterocycles. The van der Waals surface area contributed by atoms with Crippen LogP contribution in [0.15, 0.2) is 26.8 Å². The van der Waals surface area contributed by atoms with Crippen LogP contribution in [0.5, 0.6) is 23.1 Å². The lowest BCUT2D eigenvalue weighted by molar-refractivity contribution is 0.323. The van der Waals surface area contributed by atoms with Crippen molar-refractivity contribution in [2.45, 2.75) is 12.5 Å². The fourth-order valence-electron chi connectivity index (χ4n) is 2.96. The number of ether oxygens (including phenoxy) is 3. The summed E-state index contributed by atoms with van der Waals surface area (Å²) in [6.07, 6.45) is 0.313. The molecule has 1 aromatic heterocycles. The van der Waals surface area contributed by atoms with Crippen LogP contribution >= 0.6 is 0 Å². The fraction of sp³-hybridized carbons (Fsp3) is 0.353. The first-order valence-electron chi connectivity index (χ1n) is 8.05. The summed E-state index contributed by atoms with van der Waals surface area (Å²) in [4.78, 5) is 25.9. The van der Waals surface area contributed by atoms with Gasteiger partial charge < -0.3 is 24.7 Å². The molecule has 1 aromatic carbocycles. The van der Waals surface area contributed by atoms with E-state index in [0.29, 0.717) is 29.4 Å². The molecule has 0 aliphatic carbocycles. The molecular formula is C17H20N4O6. The Kier molecular flexibility index (Phi) is 4.80. The first-order chi connectivity index (χ1) is 12.9. The third-order valence-corrected chi connectivity index (χ3v) is 4.42. The van der Waals surface area contributed by atoms with Gasteiger partial charge >= 0.3 is 5.69 Å². The minimum absolute atomic E-state index is 0.0421. The molecule has 144 valence electrons. The zero-order valence-electron chi connectivity index (χ0n) is 15.3. The van der Waals surface area contributed by atoms with Crippen molar-refractivity contribution < 1.29 is 19.3 Å². The summed E-state index contributed by atoms with van der Waals surface area (Å²) in [5, 5.41) is 14.4. The molecule has 0 fully saturated rings. The number of aromatic hydroxyl groups is 1. The lowest BCUT2D eigenvalue weighted by atomic mass is 9.99. The lowest BCUT2D eigenvalue weighted by Crippen LogP contribution is -2.32. The molecular weight excluding hydrogens is 356 g/mol. The van der Waals surface area contributed by atoms with Crippen molar-refractivity contribution in [1.29, 1.82) is 0 Å². The summed E-state index contributed by atoms with van der Waals surface area (Å²) in [5.41, 5.74) is 2.63. The van der Waals surface area contributed by atoms with Crippen LogP contribution < -0.4 is 30.9 Å². The molecule has 0 bridgehead atoms. The average molecular weight is 376 g/mol. The number of hydrogen-bond acceptors (Lipinski definition) is 8. The van der Waals surface area contributed by atoms with E-state index in [9.17, 15) is 14.7 Å². The van der Waals surface area contributed by atoms with Gasteiger partial charge in [0.1, 0.15) is 5.56 Å². The summed E-state index contributed by atoms with van der Waals surface area (Å²) in [6, 6.07) is 3.27. The number of rotatable bonds is 5. The summed E-state index contributed by atoms with van der Waals surface area (Å²) in [7, 11) is 5.92. The Morgan fingerprint density at radius 1 is 1.15 bits per heavy atom. The second-order valence-corrected chi connectivity index (χ2v) is 5.92. The van der Waals surface area contributed by atoms with Gasteiger partial charge in [-0.1, -0.05) is 0 Å². The second-order valence-electron chi connectivity index (χ2n) is 5.92. The van der Waals surface area contributed by atoms with E-state index >= 15 is 0 Å². The molecule has 0 saturated carbocycles. The maximum atomic E-state index is 12.1. The zero-order chi connectivity index (χ0) is 19.7. The van der Waals surface area contributed by atoms with Gasteiger partial charge in [-0.15, -0.1) is 0 Å². The number of hydrazone groups is 1. The van der Waals surface area contributed by atoms with Crippen LogP contribution in [0.3, 0.4) is 0 Å². The largest absolute Gasteiger partial charge is 0.494 e. The van der Waals surface area contributed by atoms with Crippen molar-refractivity contribution in [3.8, 4) is 23.1 Å². The Balaban J connectivity index is 1.96. The van der Waals surface area contributed by atoms with E-state index in [1.807, 2.05) is 0 Å². The minimum Gasteiger partial charge on any atom is -0.494 e. The Bertz CT molecular complexity index is 998. The summed E-state index contributed by atoms with van der Waals surface area (Å²) in [6.45, 7) is 0. The highest BCUT2D eigenvalue weighted by Gasteiger charge is 2.28. The van der Waals surface area contributed by atoms with Crippen LogP contribution in [-0.4, -0.2) is 41.7 Å². The molecule has 0 radical (unpaired) electrons. The van der Waals surface area contributed by atoms with Crippen molar-refractivity contribution >= 4 is 5.71 Å². The first-order valence-corrected chi connectivity index (χ1v) is 8.05. The smallest absolute Gasteiger partial charge is 0.330 e. The third-order valence-electron chi connectivity index (χ3n) is 4.42. The van der Waals surface area contributed by atoms with E-state index in [2.05, 4.69) is 15.5 Å². The van der Waals surface area contributed by atoms with E-state index in [1.54, 1.807) is 12.1 Å². The molecule has 0 saturated heterocycles. The molecule has 3 rings (SSSR count). The van der Waals surface area contributed by atoms with Crippen LogP contribution in [0.1, 0.15) is 23.6 Å². The second kappa shape index (κ2) is 7.06. The van der Waals surface area contributed by atoms with Crippen LogP contribution in [0, 0.1) is 0 Å². The third kappa shape index (κ3) is 3.09. The molecule has 0 spiro atoms. The quantitative estimate of drug-likeness (QED) is 0.682. The van der Waals surface area contributed by atoms with Crippen molar-refractivity contribution in [2.24, 2.45) is 12.1 Å². The molecule has 0 unspecified atom stereocenters. The molecule has 1 atom stereocenters. The van der Waals surface area contributed by atoms with Crippen LogP contribution in [0.4, 0.5) is 0 Å². The van der Waals surface area contributed by atoms with E-state index in [4.69, 9.17) is 14.2 Å². The molecule has 10 nitrogen and oxygen atoms in total. The first kappa shape index (κ1) is 18.4. The van der Waals surface area contributed by atoms with Crippen molar-refractivity contribution in [1.82, 2.24) is 15.0 Å². The molecule has 1 aliphatic rings. The van der Waals surface area contributed by atoms with Gasteiger partial charge in [0.15, 0.2) is 11.5 Å². The van der Waals surface area contributed by atoms with Gasteiger partial charge in [0.25, 0.3) is 5.56 Å². The lowest BCUT2D eigenvalue weighted by Gasteiger charge is -2.17. The van der Waals surface area contributed by atoms with Gasteiger partial charge in [0.2, 0.25) is 11.6 Å². The van der Waals surface area contributed by atoms with E-state index in [-0.39, 0.29) is 11.6 Å². The maximum absolute atomic E-state index is 12.1. The number of nitrogens with one attached hydrogen (secondary N) is 2. The van der Waals surface area contributed by atoms with Gasteiger partial charge in [0, 0.05) is 13.5 Å². The zero-order valence-corrected chi connectivity index (χ0v) is 15.3. The van der Waals surface area contributed by atoms with Gasteiger partial charge in [-0.3, -0.25) is 14.3 Å². The highest BCUT2D eigenvalue weighted by Crippen LogP contribution is 2.41. The van der Waals surface area contributed by atoms with E-state index < -0.39 is 17.1 Å². The number of nitrogens with zero attached hydrogens (tertiary/aromatic N) is 2. The molecule has 3 N–H and O–H groups in total. The summed E-state index contributed by atoms with van der Waals surface area (Å²) < 4.78 is 17.0. The highest BCUT2D eigenvalue weighted by molar-refractivity contribution is 6.03. The topological polar surface area (TPSA) is 127 Å². The van der Waals surface area contributed by atoms with Gasteiger partial charge in [-0.2, -0.15) is 5.10 Å². The number of aromatic nitrogens is 2. The molecule has 2 heterocycles. The molecule has 10 heteroatoms. The number of benzene rings is 1. The molecule has 27 heavy (non-hydrogen) atoms. The number of aromatic amines is 1. The van der Waals surface area contributed by atoms with E-state index in [0.717, 1.165) is 10.1 Å². The number of hydrogen-bond donors (Lipinski definition) is 3. The minimum atomic E-state index is -0.700. The van der Waals surface area contributed by atoms with Gasteiger partial charge in [-0.25, -0.2) is 4.79 Å². The summed E-state index contributed by atoms with van der Waals surface area (Å²) >= 11 is 0. The van der Waals surface area contributed by atoms with Gasteiger partial charge in [-0.05, 0) is 17.7 Å². The van der Waals surface area contributed by atoms with Crippen LogP contribution in [0.2, 0.25) is 0 Å². The van der Waals surface area contributed by atoms with Crippen molar-refractivity contribution in [2.75, 3.05) is 21.3 Å². The van der Waals surface area contributed by atoms with Crippen LogP contribution in [-0.2, 0) is 7.05 Å². The Morgan fingerprint density at radius 3 is 2.33 bits per heavy atom. The Hall–Kier alpha value is -3.43. The monoisotopic (exact) mass is 376 g/mol. The van der Waals surface area contributed by atoms with Crippen LogP contribution in [0.25, 0.3) is 0 Å². The molecule has 2 aromatic rings. The SMILES string of the molecule is COc1cc([C@H]2CC(c3c(O)n(C)c(=O)[nH]c3=O)=NN2)cc(OC)c1OC. The number of H-pyrrole nitrogens is 1. The maximum Gasteiger partial charge on any atom is 0.330 e. The van der Waals surface area contributed by atoms with Crippen molar-refractivity contribution in [3.05, 3.63) is 44.1 Å². The Morgan fingerprint density at radius 2 is 1.78 bits per heavy atom. The highest BCUT2D eigenvalue weighted by atomic mass is 16.5. The average Bonchev–Trinajstić information content (AvgIpc) is 3.14. The normalized spacial score (nSPS) is 15.9. The van der Waals surface area contributed by atoms with Crippen molar-refractivity contribution in [3.63, 3.8) is 0 Å². The fourth-order valence-corrected chi connectivity index (χ4v) is 2.96.